The lowest BCUT2D eigenvalue weighted by Crippen LogP contribution is -2.03. The third kappa shape index (κ3) is 2.76. The molecule has 1 aromatic heterocycles. The van der Waals surface area contributed by atoms with Crippen LogP contribution in [0.25, 0.3) is 5.69 Å². The molecule has 0 saturated carbocycles. The van der Waals surface area contributed by atoms with E-state index in [2.05, 4.69) is 10.3 Å². The Labute approximate surface area is 127 Å². The molecule has 2 aromatic carbocycles. The number of rotatable bonds is 3. The Morgan fingerprint density at radius 2 is 1.86 bits per heavy atom. The first-order valence-corrected chi connectivity index (χ1v) is 6.85. The predicted molar refractivity (Wildman–Crippen MR) is 83.0 cm³/mol. The number of aromatic nitrogens is 2. The Morgan fingerprint density at radius 3 is 2.62 bits per heavy atom. The number of para-hydroxylation sites is 1. The van der Waals surface area contributed by atoms with Crippen LogP contribution in [0.3, 0.4) is 0 Å². The molecule has 0 atom stereocenters. The van der Waals surface area contributed by atoms with Gasteiger partial charge in [0, 0.05) is 11.9 Å². The van der Waals surface area contributed by atoms with Crippen LogP contribution in [-0.2, 0) is 0 Å². The molecule has 0 saturated heterocycles. The molecular weight excluding hydrogens is 289 g/mol. The molecule has 0 spiro atoms. The fraction of sp³-hybridized carbons (Fsp3) is 0.0625. The number of hydrogen-bond donors (Lipinski definition) is 1. The zero-order valence-corrected chi connectivity index (χ0v) is 12.1. The Balaban J connectivity index is 2.06. The van der Waals surface area contributed by atoms with Gasteiger partial charge < -0.3 is 5.32 Å². The molecule has 3 rings (SSSR count). The van der Waals surface area contributed by atoms with Crippen LogP contribution in [0.4, 0.5) is 16.0 Å². The zero-order chi connectivity index (χ0) is 14.8. The van der Waals surface area contributed by atoms with E-state index in [1.165, 1.54) is 6.07 Å². The minimum atomic E-state index is -0.465. The molecule has 3 aromatic rings. The van der Waals surface area contributed by atoms with Gasteiger partial charge in [-0.05, 0) is 31.2 Å². The van der Waals surface area contributed by atoms with Gasteiger partial charge in [0.1, 0.15) is 0 Å². The van der Waals surface area contributed by atoms with Crippen molar-refractivity contribution in [2.24, 2.45) is 0 Å². The second-order valence-electron chi connectivity index (χ2n) is 4.64. The summed E-state index contributed by atoms with van der Waals surface area (Å²) in [5, 5.41) is 3.27. The molecule has 21 heavy (non-hydrogen) atoms. The van der Waals surface area contributed by atoms with E-state index < -0.39 is 5.82 Å². The van der Waals surface area contributed by atoms with E-state index in [-0.39, 0.29) is 5.02 Å². The molecule has 0 aliphatic rings. The van der Waals surface area contributed by atoms with E-state index in [0.717, 1.165) is 11.4 Å². The molecule has 0 amide bonds. The summed E-state index contributed by atoms with van der Waals surface area (Å²) in [4.78, 5) is 4.40. The van der Waals surface area contributed by atoms with Crippen molar-refractivity contribution in [1.29, 1.82) is 0 Å². The summed E-state index contributed by atoms with van der Waals surface area (Å²) < 4.78 is 15.9. The molecule has 0 aliphatic heterocycles. The maximum atomic E-state index is 14.2. The number of aryl methyl sites for hydroxylation is 1. The Hall–Kier alpha value is -2.33. The highest BCUT2D eigenvalue weighted by molar-refractivity contribution is 6.30. The van der Waals surface area contributed by atoms with Crippen LogP contribution in [0.2, 0.25) is 5.02 Å². The quantitative estimate of drug-likeness (QED) is 0.759. The summed E-state index contributed by atoms with van der Waals surface area (Å²) in [7, 11) is 0. The molecule has 0 aliphatic carbocycles. The molecule has 0 fully saturated rings. The van der Waals surface area contributed by atoms with Crippen molar-refractivity contribution in [2.75, 3.05) is 5.32 Å². The van der Waals surface area contributed by atoms with Crippen molar-refractivity contribution in [1.82, 2.24) is 9.55 Å². The standard InChI is InChI=1S/C16H13ClFN3/c1-11-10-21(14-9-5-8-13(17)15(14)18)16(19-11)20-12-6-3-2-4-7-12/h2-10H,1H3,(H,19,20). The average Bonchev–Trinajstić information content (AvgIpc) is 2.83. The number of benzene rings is 2. The molecule has 1 heterocycles. The molecule has 3 nitrogen and oxygen atoms in total. The molecule has 5 heteroatoms. The van der Waals surface area contributed by atoms with Crippen LogP contribution in [0.1, 0.15) is 5.69 Å². The van der Waals surface area contributed by atoms with Gasteiger partial charge in [0.2, 0.25) is 5.95 Å². The van der Waals surface area contributed by atoms with Crippen molar-refractivity contribution < 1.29 is 4.39 Å². The molecule has 0 radical (unpaired) electrons. The van der Waals surface area contributed by atoms with E-state index in [1.54, 1.807) is 22.9 Å². The summed E-state index contributed by atoms with van der Waals surface area (Å²) in [6.45, 7) is 1.86. The van der Waals surface area contributed by atoms with Gasteiger partial charge in [0.05, 0.1) is 16.4 Å². The van der Waals surface area contributed by atoms with Gasteiger partial charge in [0.25, 0.3) is 0 Å². The number of nitrogens with zero attached hydrogens (tertiary/aromatic N) is 2. The Kier molecular flexibility index (Phi) is 3.62. The van der Waals surface area contributed by atoms with Crippen LogP contribution < -0.4 is 5.32 Å². The highest BCUT2D eigenvalue weighted by Crippen LogP contribution is 2.26. The third-order valence-corrected chi connectivity index (χ3v) is 3.34. The van der Waals surface area contributed by atoms with Gasteiger partial charge in [-0.2, -0.15) is 0 Å². The number of imidazole rings is 1. The monoisotopic (exact) mass is 301 g/mol. The van der Waals surface area contributed by atoms with Crippen LogP contribution >= 0.6 is 11.6 Å². The average molecular weight is 302 g/mol. The highest BCUT2D eigenvalue weighted by atomic mass is 35.5. The van der Waals surface area contributed by atoms with Crippen molar-refractivity contribution in [3.8, 4) is 5.69 Å². The van der Waals surface area contributed by atoms with Crippen molar-refractivity contribution >= 4 is 23.2 Å². The van der Waals surface area contributed by atoms with Gasteiger partial charge in [-0.3, -0.25) is 4.57 Å². The van der Waals surface area contributed by atoms with E-state index in [0.29, 0.717) is 11.6 Å². The predicted octanol–water partition coefficient (Wildman–Crippen LogP) is 4.72. The van der Waals surface area contributed by atoms with Gasteiger partial charge in [-0.25, -0.2) is 9.37 Å². The zero-order valence-electron chi connectivity index (χ0n) is 11.3. The van der Waals surface area contributed by atoms with Crippen molar-refractivity contribution in [3.05, 3.63) is 71.3 Å². The van der Waals surface area contributed by atoms with Crippen LogP contribution in [0, 0.1) is 12.7 Å². The maximum Gasteiger partial charge on any atom is 0.212 e. The number of halogens is 2. The maximum absolute atomic E-state index is 14.2. The molecular formula is C16H13ClFN3. The molecule has 1 N–H and O–H groups in total. The normalized spacial score (nSPS) is 10.6. The fourth-order valence-corrected chi connectivity index (χ4v) is 2.27. The SMILES string of the molecule is Cc1cn(-c2cccc(Cl)c2F)c(Nc2ccccc2)n1. The Morgan fingerprint density at radius 1 is 1.10 bits per heavy atom. The summed E-state index contributed by atoms with van der Waals surface area (Å²) in [5.74, 6) is 0.0764. The fourth-order valence-electron chi connectivity index (χ4n) is 2.10. The first kappa shape index (κ1) is 13.6. The largest absolute Gasteiger partial charge is 0.325 e. The third-order valence-electron chi connectivity index (χ3n) is 3.05. The molecule has 0 unspecified atom stereocenters. The summed E-state index contributed by atoms with van der Waals surface area (Å²) >= 11 is 5.85. The van der Waals surface area contributed by atoms with Crippen molar-refractivity contribution in [3.63, 3.8) is 0 Å². The molecule has 106 valence electrons. The lowest BCUT2D eigenvalue weighted by molar-refractivity contribution is 0.619. The first-order chi connectivity index (χ1) is 10.1. The van der Waals surface area contributed by atoms with Crippen molar-refractivity contribution in [2.45, 2.75) is 6.92 Å². The first-order valence-electron chi connectivity index (χ1n) is 6.47. The van der Waals surface area contributed by atoms with Crippen LogP contribution in [0.15, 0.2) is 54.7 Å². The van der Waals surface area contributed by atoms with E-state index in [1.807, 2.05) is 37.3 Å². The van der Waals surface area contributed by atoms with E-state index in [4.69, 9.17) is 11.6 Å². The second kappa shape index (κ2) is 5.58. The van der Waals surface area contributed by atoms with E-state index in [9.17, 15) is 4.39 Å². The lowest BCUT2D eigenvalue weighted by Gasteiger charge is -2.11. The molecule has 0 bridgehead atoms. The summed E-state index contributed by atoms with van der Waals surface area (Å²) in [5.41, 5.74) is 2.03. The highest BCUT2D eigenvalue weighted by Gasteiger charge is 2.13. The lowest BCUT2D eigenvalue weighted by atomic mass is 10.3. The van der Waals surface area contributed by atoms with Crippen LogP contribution in [-0.4, -0.2) is 9.55 Å². The number of hydrogen-bond acceptors (Lipinski definition) is 2. The second-order valence-corrected chi connectivity index (χ2v) is 5.05. The summed E-state index contributed by atoms with van der Waals surface area (Å²) in [6.07, 6.45) is 1.76. The minimum absolute atomic E-state index is 0.0875. The van der Waals surface area contributed by atoms with Gasteiger partial charge >= 0.3 is 0 Å². The number of anilines is 2. The Bertz CT molecular complexity index is 768. The minimum Gasteiger partial charge on any atom is -0.325 e. The van der Waals surface area contributed by atoms with Gasteiger partial charge in [-0.15, -0.1) is 0 Å². The summed E-state index contributed by atoms with van der Waals surface area (Å²) in [6, 6.07) is 14.5. The van der Waals surface area contributed by atoms with Gasteiger partial charge in [-0.1, -0.05) is 35.9 Å². The topological polar surface area (TPSA) is 29.9 Å². The number of nitrogens with one attached hydrogen (secondary N) is 1. The van der Waals surface area contributed by atoms with Crippen LogP contribution in [0.5, 0.6) is 0 Å². The van der Waals surface area contributed by atoms with Gasteiger partial charge in [0.15, 0.2) is 5.82 Å². The smallest absolute Gasteiger partial charge is 0.212 e. The van der Waals surface area contributed by atoms with E-state index >= 15 is 0 Å².